The Morgan fingerprint density at radius 2 is 1.13 bits per heavy atom. The van der Waals surface area contributed by atoms with Crippen LogP contribution in [-0.4, -0.2) is 18.9 Å². The van der Waals surface area contributed by atoms with Gasteiger partial charge < -0.3 is 8.82 Å². The average Bonchev–Trinajstić information content (AvgIpc) is 3.98. The molecule has 0 N–H and O–H groups in total. The van der Waals surface area contributed by atoms with Gasteiger partial charge in [0.25, 0.3) is 0 Å². The third kappa shape index (κ3) is 3.86. The molecule has 0 bridgehead atoms. The molecule has 0 amide bonds. The van der Waals surface area contributed by atoms with Crippen molar-refractivity contribution in [2.75, 3.05) is 0 Å². The fraction of sp³-hybridized carbons (Fsp3) is 0. The van der Waals surface area contributed by atoms with Crippen molar-refractivity contribution < 1.29 is 4.42 Å². The largest absolute Gasteiger partial charge is 0.452 e. The molecule has 0 saturated carbocycles. The fourth-order valence-electron chi connectivity index (χ4n) is 9.25. The quantitative estimate of drug-likeness (QED) is 0.184. The van der Waals surface area contributed by atoms with E-state index in [-0.39, 0.29) is 0 Å². The molecular formula is C50H28N4O. The molecule has 0 aliphatic carbocycles. The fourth-order valence-corrected chi connectivity index (χ4v) is 9.25. The molecule has 13 aromatic rings. The predicted octanol–water partition coefficient (Wildman–Crippen LogP) is 13.1. The number of hydrogen-bond acceptors (Lipinski definition) is 3. The lowest BCUT2D eigenvalue weighted by Crippen LogP contribution is -2.03. The second-order valence-corrected chi connectivity index (χ2v) is 14.6. The Bertz CT molecular complexity index is 3720. The zero-order valence-electron chi connectivity index (χ0n) is 29.4. The number of nitrogens with zero attached hydrogens (tertiary/aromatic N) is 4. The van der Waals surface area contributed by atoms with Crippen LogP contribution in [0.5, 0.6) is 0 Å². The van der Waals surface area contributed by atoms with Gasteiger partial charge in [-0.25, -0.2) is 9.97 Å². The molecule has 5 heteroatoms. The first kappa shape index (κ1) is 29.0. The van der Waals surface area contributed by atoms with Crippen LogP contribution >= 0.6 is 0 Å². The van der Waals surface area contributed by atoms with Crippen LogP contribution in [0.15, 0.2) is 174 Å². The van der Waals surface area contributed by atoms with Crippen LogP contribution in [0.1, 0.15) is 0 Å². The van der Waals surface area contributed by atoms with Gasteiger partial charge in [0.1, 0.15) is 16.8 Å². The summed E-state index contributed by atoms with van der Waals surface area (Å²) >= 11 is 0. The van der Waals surface area contributed by atoms with E-state index < -0.39 is 0 Å². The van der Waals surface area contributed by atoms with E-state index in [4.69, 9.17) is 14.4 Å². The first-order valence-corrected chi connectivity index (χ1v) is 18.7. The number of para-hydroxylation sites is 3. The van der Waals surface area contributed by atoms with Crippen molar-refractivity contribution in [3.8, 4) is 28.3 Å². The number of hydrogen-bond donors (Lipinski definition) is 0. The molecule has 5 nitrogen and oxygen atoms in total. The summed E-state index contributed by atoms with van der Waals surface area (Å²) in [5.74, 6) is 0.608. The standard InChI is InChI=1S/C50H28N4O/c1-2-12-29(13-3-1)32-24-25-41-38(27-32)44-42(28-37-34-16-6-9-19-39(34)53-40-20-10-7-17-35(40)45(44)48(37)53)54(41)50-51-46(33-23-22-30-14-4-5-15-31(30)26-33)49-47(52-50)36-18-8-11-21-43(36)55-49/h1-28H. The van der Waals surface area contributed by atoms with Gasteiger partial charge in [-0.1, -0.05) is 121 Å². The van der Waals surface area contributed by atoms with Crippen molar-refractivity contribution in [3.05, 3.63) is 170 Å². The topological polar surface area (TPSA) is 48.3 Å². The SMILES string of the molecule is c1ccc(-c2ccc3c(c2)c2c4c5ccccc5n5c6ccccc6c(cc2n3-c2nc(-c3ccc6ccccc6c3)c3oc6ccccc6c3n2)c45)cc1. The highest BCUT2D eigenvalue weighted by atomic mass is 16.3. The maximum atomic E-state index is 6.60. The summed E-state index contributed by atoms with van der Waals surface area (Å²) in [6.07, 6.45) is 0. The van der Waals surface area contributed by atoms with Crippen molar-refractivity contribution in [1.29, 1.82) is 0 Å². The number of benzene rings is 8. The highest BCUT2D eigenvalue weighted by Crippen LogP contribution is 2.47. The van der Waals surface area contributed by atoms with Gasteiger partial charge in [-0.05, 0) is 70.4 Å². The van der Waals surface area contributed by atoms with Crippen LogP contribution in [0.2, 0.25) is 0 Å². The zero-order chi connectivity index (χ0) is 35.8. The van der Waals surface area contributed by atoms with E-state index in [1.54, 1.807) is 0 Å². The summed E-state index contributed by atoms with van der Waals surface area (Å²) < 4.78 is 11.3. The first-order valence-electron chi connectivity index (χ1n) is 18.7. The lowest BCUT2D eigenvalue weighted by Gasteiger charge is -2.10. The summed E-state index contributed by atoms with van der Waals surface area (Å²) in [6, 6.07) is 60.6. The summed E-state index contributed by atoms with van der Waals surface area (Å²) in [4.78, 5) is 10.9. The second kappa shape index (κ2) is 10.6. The molecular weight excluding hydrogens is 673 g/mol. The van der Waals surface area contributed by atoms with Crippen LogP contribution in [0, 0.1) is 0 Å². The van der Waals surface area contributed by atoms with Crippen LogP contribution in [0.25, 0.3) is 121 Å². The van der Waals surface area contributed by atoms with Crippen LogP contribution in [-0.2, 0) is 0 Å². The lowest BCUT2D eigenvalue weighted by molar-refractivity contribution is 0.666. The summed E-state index contributed by atoms with van der Waals surface area (Å²) in [7, 11) is 0. The normalized spacial score (nSPS) is 12.4. The highest BCUT2D eigenvalue weighted by molar-refractivity contribution is 6.35. The molecule has 5 heterocycles. The minimum Gasteiger partial charge on any atom is -0.452 e. The third-order valence-electron chi connectivity index (χ3n) is 11.6. The highest BCUT2D eigenvalue weighted by Gasteiger charge is 2.26. The summed E-state index contributed by atoms with van der Waals surface area (Å²) in [5.41, 5.74) is 12.1. The lowest BCUT2D eigenvalue weighted by atomic mass is 9.99. The first-order chi connectivity index (χ1) is 27.3. The maximum Gasteiger partial charge on any atom is 0.236 e. The van der Waals surface area contributed by atoms with Crippen molar-refractivity contribution in [2.45, 2.75) is 0 Å². The Kier molecular flexibility index (Phi) is 5.57. The van der Waals surface area contributed by atoms with Crippen molar-refractivity contribution in [2.24, 2.45) is 0 Å². The van der Waals surface area contributed by atoms with Gasteiger partial charge in [-0.2, -0.15) is 0 Å². The van der Waals surface area contributed by atoms with Crippen LogP contribution < -0.4 is 0 Å². The van der Waals surface area contributed by atoms with Crippen molar-refractivity contribution in [3.63, 3.8) is 0 Å². The Balaban J connectivity index is 1.23. The van der Waals surface area contributed by atoms with E-state index in [0.29, 0.717) is 11.5 Å². The molecule has 0 unspecified atom stereocenters. The molecule has 13 rings (SSSR count). The van der Waals surface area contributed by atoms with E-state index in [0.717, 1.165) is 49.5 Å². The Hall–Kier alpha value is -7.50. The maximum absolute atomic E-state index is 6.60. The second-order valence-electron chi connectivity index (χ2n) is 14.6. The zero-order valence-corrected chi connectivity index (χ0v) is 29.4. The summed E-state index contributed by atoms with van der Waals surface area (Å²) in [6.45, 7) is 0. The molecule has 0 spiro atoms. The van der Waals surface area contributed by atoms with Gasteiger partial charge in [-0.3, -0.25) is 4.57 Å². The minimum atomic E-state index is 0.608. The van der Waals surface area contributed by atoms with E-state index in [2.05, 4.69) is 161 Å². The van der Waals surface area contributed by atoms with Crippen molar-refractivity contribution in [1.82, 2.24) is 18.9 Å². The number of furan rings is 1. The number of rotatable bonds is 3. The molecule has 0 fully saturated rings. The molecule has 8 aromatic carbocycles. The van der Waals surface area contributed by atoms with Gasteiger partial charge in [-0.15, -0.1) is 0 Å². The molecule has 5 aromatic heterocycles. The van der Waals surface area contributed by atoms with Crippen LogP contribution in [0.3, 0.4) is 0 Å². The van der Waals surface area contributed by atoms with E-state index >= 15 is 0 Å². The van der Waals surface area contributed by atoms with Gasteiger partial charge in [0.15, 0.2) is 5.58 Å². The molecule has 254 valence electrons. The Morgan fingerprint density at radius 3 is 2.00 bits per heavy atom. The van der Waals surface area contributed by atoms with Gasteiger partial charge in [0.2, 0.25) is 5.95 Å². The Labute approximate surface area is 313 Å². The third-order valence-corrected chi connectivity index (χ3v) is 11.6. The minimum absolute atomic E-state index is 0.608. The van der Waals surface area contributed by atoms with E-state index in [1.165, 1.54) is 60.0 Å². The number of fused-ring (bicyclic) bond motifs is 14. The van der Waals surface area contributed by atoms with E-state index in [1.807, 2.05) is 18.2 Å². The van der Waals surface area contributed by atoms with Crippen LogP contribution in [0.4, 0.5) is 0 Å². The summed E-state index contributed by atoms with van der Waals surface area (Å²) in [5, 5.41) is 10.6. The molecule has 0 aliphatic rings. The molecule has 0 atom stereocenters. The monoisotopic (exact) mass is 700 g/mol. The molecule has 0 radical (unpaired) electrons. The average molecular weight is 701 g/mol. The Morgan fingerprint density at radius 1 is 0.418 bits per heavy atom. The smallest absolute Gasteiger partial charge is 0.236 e. The molecule has 55 heavy (non-hydrogen) atoms. The van der Waals surface area contributed by atoms with Gasteiger partial charge >= 0.3 is 0 Å². The number of aromatic nitrogens is 4. The predicted molar refractivity (Wildman–Crippen MR) is 227 cm³/mol. The van der Waals surface area contributed by atoms with Crippen molar-refractivity contribution >= 4 is 92.7 Å². The molecule has 0 saturated heterocycles. The molecule has 0 aliphatic heterocycles. The van der Waals surface area contributed by atoms with Gasteiger partial charge in [0.05, 0.1) is 27.6 Å². The van der Waals surface area contributed by atoms with E-state index in [9.17, 15) is 0 Å². The van der Waals surface area contributed by atoms with Gasteiger partial charge in [0, 0.05) is 43.3 Å².